The number of hydrogen-bond donors (Lipinski definition) is 2. The molecular formula is C20H28Cl2N2. The van der Waals surface area contributed by atoms with Crippen LogP contribution in [0.1, 0.15) is 35.4 Å². The van der Waals surface area contributed by atoms with Gasteiger partial charge in [0.25, 0.3) is 0 Å². The fraction of sp³-hybridized carbons (Fsp3) is 0.400. The Morgan fingerprint density at radius 1 is 1.12 bits per heavy atom. The van der Waals surface area contributed by atoms with Gasteiger partial charge in [0.1, 0.15) is 0 Å². The molecule has 0 amide bonds. The molecule has 0 bridgehead atoms. The summed E-state index contributed by atoms with van der Waals surface area (Å²) < 4.78 is 0. The Morgan fingerprint density at radius 3 is 2.67 bits per heavy atom. The van der Waals surface area contributed by atoms with Gasteiger partial charge < -0.3 is 11.1 Å². The van der Waals surface area contributed by atoms with Gasteiger partial charge in [-0.05, 0) is 79.9 Å². The van der Waals surface area contributed by atoms with Gasteiger partial charge in [-0.15, -0.1) is 24.8 Å². The Bertz CT molecular complexity index is 631. The van der Waals surface area contributed by atoms with Crippen LogP contribution < -0.4 is 11.1 Å². The Labute approximate surface area is 158 Å². The molecule has 24 heavy (non-hydrogen) atoms. The van der Waals surface area contributed by atoms with Crippen molar-refractivity contribution in [3.05, 3.63) is 65.2 Å². The normalized spacial score (nSPS) is 17.1. The number of nitrogens with one attached hydrogen (secondary N) is 1. The molecule has 0 aliphatic heterocycles. The van der Waals surface area contributed by atoms with Crippen LogP contribution >= 0.6 is 24.8 Å². The summed E-state index contributed by atoms with van der Waals surface area (Å²) in [5.74, 6) is 1.27. The lowest BCUT2D eigenvalue weighted by molar-refractivity contribution is 0.366. The van der Waals surface area contributed by atoms with Crippen molar-refractivity contribution in [3.8, 4) is 0 Å². The monoisotopic (exact) mass is 366 g/mol. The predicted molar refractivity (Wildman–Crippen MR) is 109 cm³/mol. The highest BCUT2D eigenvalue weighted by atomic mass is 35.5. The minimum absolute atomic E-state index is 0. The highest BCUT2D eigenvalue weighted by Crippen LogP contribution is 2.38. The average Bonchev–Trinajstić information content (AvgIpc) is 2.54. The number of nitrogens with two attached hydrogens (primary N) is 1. The van der Waals surface area contributed by atoms with E-state index in [-0.39, 0.29) is 24.8 Å². The van der Waals surface area contributed by atoms with Crippen molar-refractivity contribution in [1.82, 2.24) is 5.32 Å². The molecule has 1 aliphatic carbocycles. The molecule has 2 unspecified atom stereocenters. The number of fused-ring (bicyclic) bond motifs is 1. The maximum Gasteiger partial charge on any atom is 0.0316 e. The maximum absolute atomic E-state index is 5.95. The van der Waals surface area contributed by atoms with E-state index >= 15 is 0 Å². The SMILES string of the molecule is CNCC(Cc1cccc(N)c1)C1CCCc2ccccc21.Cl.Cl. The van der Waals surface area contributed by atoms with Gasteiger partial charge in [0.15, 0.2) is 0 Å². The van der Waals surface area contributed by atoms with E-state index in [0.29, 0.717) is 11.8 Å². The summed E-state index contributed by atoms with van der Waals surface area (Å²) in [6.45, 7) is 1.05. The largest absolute Gasteiger partial charge is 0.399 e. The molecule has 2 aromatic rings. The standard InChI is InChI=1S/C20H26N2.2ClH/c1-22-14-17(12-15-6-4-9-18(21)13-15)20-11-5-8-16-7-2-3-10-19(16)20;;/h2-4,6-7,9-10,13,17,20,22H,5,8,11-12,14,21H2,1H3;2*1H. The minimum atomic E-state index is 0. The lowest BCUT2D eigenvalue weighted by Gasteiger charge is -2.32. The van der Waals surface area contributed by atoms with Crippen LogP contribution in [0.15, 0.2) is 48.5 Å². The maximum atomic E-state index is 5.95. The molecule has 2 nitrogen and oxygen atoms in total. The Kier molecular flexibility index (Phi) is 8.61. The summed E-state index contributed by atoms with van der Waals surface area (Å²) in [5, 5.41) is 3.40. The first kappa shape index (κ1) is 20.8. The predicted octanol–water partition coefficient (Wildman–Crippen LogP) is 4.61. The van der Waals surface area contributed by atoms with E-state index in [1.54, 1.807) is 11.1 Å². The number of halogens is 2. The lowest BCUT2D eigenvalue weighted by Crippen LogP contribution is -2.29. The fourth-order valence-corrected chi connectivity index (χ4v) is 3.92. The number of hydrogen-bond acceptors (Lipinski definition) is 2. The topological polar surface area (TPSA) is 38.0 Å². The van der Waals surface area contributed by atoms with Crippen LogP contribution in [0.3, 0.4) is 0 Å². The number of nitrogen functional groups attached to an aromatic ring is 1. The Morgan fingerprint density at radius 2 is 1.92 bits per heavy atom. The summed E-state index contributed by atoms with van der Waals surface area (Å²) in [6, 6.07) is 17.4. The van der Waals surface area contributed by atoms with Gasteiger partial charge in [0.2, 0.25) is 0 Å². The summed E-state index contributed by atoms with van der Waals surface area (Å²) >= 11 is 0. The Balaban J connectivity index is 0.00000144. The lowest BCUT2D eigenvalue weighted by atomic mass is 9.73. The Hall–Kier alpha value is -1.22. The van der Waals surface area contributed by atoms with Gasteiger partial charge in [-0.3, -0.25) is 0 Å². The molecule has 0 spiro atoms. The van der Waals surface area contributed by atoms with Crippen molar-refractivity contribution in [2.75, 3.05) is 19.3 Å². The molecule has 0 fully saturated rings. The molecule has 0 aromatic heterocycles. The first-order valence-electron chi connectivity index (χ1n) is 8.34. The molecule has 1 aliphatic rings. The van der Waals surface area contributed by atoms with Gasteiger partial charge >= 0.3 is 0 Å². The van der Waals surface area contributed by atoms with Crippen LogP contribution in [0.4, 0.5) is 5.69 Å². The van der Waals surface area contributed by atoms with Crippen LogP contribution in [0.5, 0.6) is 0 Å². The third-order valence-corrected chi connectivity index (χ3v) is 4.90. The van der Waals surface area contributed by atoms with Crippen LogP contribution in [0.25, 0.3) is 0 Å². The third kappa shape index (κ3) is 4.89. The molecule has 4 heteroatoms. The number of rotatable bonds is 5. The van der Waals surface area contributed by atoms with E-state index in [9.17, 15) is 0 Å². The quantitative estimate of drug-likeness (QED) is 0.758. The first-order valence-corrected chi connectivity index (χ1v) is 8.34. The third-order valence-electron chi connectivity index (χ3n) is 4.90. The minimum Gasteiger partial charge on any atom is -0.399 e. The van der Waals surface area contributed by atoms with E-state index in [2.05, 4.69) is 54.8 Å². The molecule has 3 rings (SSSR count). The van der Waals surface area contributed by atoms with Gasteiger partial charge in [-0.25, -0.2) is 0 Å². The molecule has 0 saturated carbocycles. The second-order valence-corrected chi connectivity index (χ2v) is 6.46. The van der Waals surface area contributed by atoms with Crippen molar-refractivity contribution < 1.29 is 0 Å². The van der Waals surface area contributed by atoms with E-state index in [1.807, 2.05) is 6.07 Å². The smallest absolute Gasteiger partial charge is 0.0316 e. The van der Waals surface area contributed by atoms with E-state index in [4.69, 9.17) is 5.73 Å². The van der Waals surface area contributed by atoms with Crippen LogP contribution in [-0.2, 0) is 12.8 Å². The fourth-order valence-electron chi connectivity index (χ4n) is 3.92. The number of anilines is 1. The second kappa shape index (κ2) is 9.93. The molecule has 3 N–H and O–H groups in total. The van der Waals surface area contributed by atoms with Crippen LogP contribution in [-0.4, -0.2) is 13.6 Å². The van der Waals surface area contributed by atoms with Crippen molar-refractivity contribution >= 4 is 30.5 Å². The molecule has 132 valence electrons. The zero-order valence-corrected chi connectivity index (χ0v) is 15.8. The first-order chi connectivity index (χ1) is 10.8. The van der Waals surface area contributed by atoms with Crippen molar-refractivity contribution in [3.63, 3.8) is 0 Å². The zero-order valence-electron chi connectivity index (χ0n) is 14.2. The molecule has 2 aromatic carbocycles. The van der Waals surface area contributed by atoms with Gasteiger partial charge in [-0.2, -0.15) is 0 Å². The molecule has 0 saturated heterocycles. The van der Waals surface area contributed by atoms with E-state index < -0.39 is 0 Å². The van der Waals surface area contributed by atoms with Crippen LogP contribution in [0.2, 0.25) is 0 Å². The zero-order chi connectivity index (χ0) is 15.4. The van der Waals surface area contributed by atoms with Crippen molar-refractivity contribution in [2.24, 2.45) is 5.92 Å². The molecule has 2 atom stereocenters. The summed E-state index contributed by atoms with van der Waals surface area (Å²) in [7, 11) is 2.06. The molecule has 0 radical (unpaired) electrons. The average molecular weight is 367 g/mol. The highest BCUT2D eigenvalue weighted by Gasteiger charge is 2.27. The van der Waals surface area contributed by atoms with E-state index in [0.717, 1.165) is 18.7 Å². The van der Waals surface area contributed by atoms with Gasteiger partial charge in [0.05, 0.1) is 0 Å². The van der Waals surface area contributed by atoms with Crippen molar-refractivity contribution in [2.45, 2.75) is 31.6 Å². The van der Waals surface area contributed by atoms with Gasteiger partial charge in [-0.1, -0.05) is 36.4 Å². The molecular weight excluding hydrogens is 339 g/mol. The summed E-state index contributed by atoms with van der Waals surface area (Å²) in [4.78, 5) is 0. The summed E-state index contributed by atoms with van der Waals surface area (Å²) in [6.07, 6.45) is 4.92. The van der Waals surface area contributed by atoms with Gasteiger partial charge in [0, 0.05) is 5.69 Å². The van der Waals surface area contributed by atoms with Crippen molar-refractivity contribution in [1.29, 1.82) is 0 Å². The number of benzene rings is 2. The second-order valence-electron chi connectivity index (χ2n) is 6.46. The molecule has 0 heterocycles. The highest BCUT2D eigenvalue weighted by molar-refractivity contribution is 5.85. The summed E-state index contributed by atoms with van der Waals surface area (Å²) in [5.41, 5.74) is 11.3. The van der Waals surface area contributed by atoms with E-state index in [1.165, 1.54) is 24.8 Å². The number of aryl methyl sites for hydroxylation is 1. The van der Waals surface area contributed by atoms with Crippen LogP contribution in [0, 0.1) is 5.92 Å².